The summed E-state index contributed by atoms with van der Waals surface area (Å²) >= 11 is 6.35. The van der Waals surface area contributed by atoms with Crippen molar-refractivity contribution in [3.8, 4) is 5.75 Å². The predicted octanol–water partition coefficient (Wildman–Crippen LogP) is 3.94. The molecule has 0 radical (unpaired) electrons. The lowest BCUT2D eigenvalue weighted by molar-refractivity contribution is 0.392. The minimum Gasteiger partial charge on any atom is -0.495 e. The van der Waals surface area contributed by atoms with Crippen molar-refractivity contribution in [2.45, 2.75) is 38.5 Å². The monoisotopic (exact) mass is 267 g/mol. The molecule has 1 N–H and O–H groups in total. The van der Waals surface area contributed by atoms with E-state index in [4.69, 9.17) is 16.3 Å². The van der Waals surface area contributed by atoms with E-state index >= 15 is 0 Å². The summed E-state index contributed by atoms with van der Waals surface area (Å²) in [5.74, 6) is 1.86. The van der Waals surface area contributed by atoms with Crippen molar-refractivity contribution < 1.29 is 4.74 Å². The van der Waals surface area contributed by atoms with E-state index in [1.54, 1.807) is 7.11 Å². The molecule has 1 aromatic rings. The van der Waals surface area contributed by atoms with Crippen molar-refractivity contribution in [2.24, 2.45) is 0 Å². The SMILES string of the molecule is COc1c(Cl)cc(C(C)C)cc1C1CCCNC1. The number of benzene rings is 1. The molecule has 2 rings (SSSR count). The van der Waals surface area contributed by atoms with Gasteiger partial charge < -0.3 is 10.1 Å². The smallest absolute Gasteiger partial charge is 0.140 e. The van der Waals surface area contributed by atoms with Crippen molar-refractivity contribution in [3.05, 3.63) is 28.3 Å². The average Bonchev–Trinajstić information content (AvgIpc) is 2.38. The number of piperidine rings is 1. The first kappa shape index (κ1) is 13.7. The van der Waals surface area contributed by atoms with Crippen LogP contribution in [-0.2, 0) is 0 Å². The summed E-state index contributed by atoms with van der Waals surface area (Å²) in [6, 6.07) is 4.30. The fourth-order valence-electron chi connectivity index (χ4n) is 2.61. The minimum absolute atomic E-state index is 0.490. The van der Waals surface area contributed by atoms with Crippen LogP contribution in [0.4, 0.5) is 0 Å². The Morgan fingerprint density at radius 3 is 2.72 bits per heavy atom. The summed E-state index contributed by atoms with van der Waals surface area (Å²) in [5, 5.41) is 4.19. The lowest BCUT2D eigenvalue weighted by Crippen LogP contribution is -2.28. The molecule has 100 valence electrons. The third-order valence-electron chi connectivity index (χ3n) is 3.70. The van der Waals surface area contributed by atoms with Crippen LogP contribution in [0.15, 0.2) is 12.1 Å². The molecule has 0 amide bonds. The zero-order valence-corrected chi connectivity index (χ0v) is 12.2. The van der Waals surface area contributed by atoms with Crippen molar-refractivity contribution in [2.75, 3.05) is 20.2 Å². The van der Waals surface area contributed by atoms with E-state index < -0.39 is 0 Å². The van der Waals surface area contributed by atoms with Crippen LogP contribution in [0.25, 0.3) is 0 Å². The molecule has 3 heteroatoms. The summed E-state index contributed by atoms with van der Waals surface area (Å²) in [7, 11) is 1.70. The Kier molecular flexibility index (Phi) is 4.52. The Morgan fingerprint density at radius 2 is 2.17 bits per heavy atom. The first-order valence-corrected chi connectivity index (χ1v) is 7.09. The molecular weight excluding hydrogens is 246 g/mol. The highest BCUT2D eigenvalue weighted by molar-refractivity contribution is 6.32. The molecule has 2 nitrogen and oxygen atoms in total. The molecule has 1 unspecified atom stereocenters. The van der Waals surface area contributed by atoms with E-state index in [0.717, 1.165) is 23.9 Å². The normalized spacial score (nSPS) is 20.2. The van der Waals surface area contributed by atoms with Crippen LogP contribution in [0.3, 0.4) is 0 Å². The quantitative estimate of drug-likeness (QED) is 0.896. The van der Waals surface area contributed by atoms with Crippen molar-refractivity contribution in [1.29, 1.82) is 0 Å². The average molecular weight is 268 g/mol. The van der Waals surface area contributed by atoms with Gasteiger partial charge in [-0.2, -0.15) is 0 Å². The van der Waals surface area contributed by atoms with Gasteiger partial charge in [-0.3, -0.25) is 0 Å². The molecule has 1 atom stereocenters. The highest BCUT2D eigenvalue weighted by Crippen LogP contribution is 2.38. The number of rotatable bonds is 3. The van der Waals surface area contributed by atoms with Gasteiger partial charge >= 0.3 is 0 Å². The summed E-state index contributed by atoms with van der Waals surface area (Å²) in [6.07, 6.45) is 2.43. The zero-order valence-electron chi connectivity index (χ0n) is 11.4. The van der Waals surface area contributed by atoms with Crippen LogP contribution >= 0.6 is 11.6 Å². The van der Waals surface area contributed by atoms with E-state index in [1.165, 1.54) is 24.0 Å². The minimum atomic E-state index is 0.490. The topological polar surface area (TPSA) is 21.3 Å². The lowest BCUT2D eigenvalue weighted by atomic mass is 9.88. The van der Waals surface area contributed by atoms with Gasteiger partial charge in [0.05, 0.1) is 12.1 Å². The zero-order chi connectivity index (χ0) is 13.1. The molecule has 0 saturated carbocycles. The highest BCUT2D eigenvalue weighted by atomic mass is 35.5. The van der Waals surface area contributed by atoms with Crippen LogP contribution in [0.5, 0.6) is 5.75 Å². The fraction of sp³-hybridized carbons (Fsp3) is 0.600. The lowest BCUT2D eigenvalue weighted by Gasteiger charge is -2.26. The molecule has 0 bridgehead atoms. The number of halogens is 1. The first-order chi connectivity index (χ1) is 8.63. The fourth-order valence-corrected chi connectivity index (χ4v) is 2.92. The van der Waals surface area contributed by atoms with Crippen LogP contribution in [-0.4, -0.2) is 20.2 Å². The highest BCUT2D eigenvalue weighted by Gasteiger charge is 2.21. The maximum atomic E-state index is 6.35. The van der Waals surface area contributed by atoms with Crippen LogP contribution in [0, 0.1) is 0 Å². The molecular formula is C15H22ClNO. The summed E-state index contributed by atoms with van der Waals surface area (Å²) in [5.41, 5.74) is 2.56. The predicted molar refractivity (Wildman–Crippen MR) is 76.9 cm³/mol. The molecule has 1 saturated heterocycles. The second kappa shape index (κ2) is 5.94. The standard InChI is InChI=1S/C15H22ClNO/c1-10(2)12-7-13(11-5-4-6-17-9-11)15(18-3)14(16)8-12/h7-8,10-11,17H,4-6,9H2,1-3H3. The number of nitrogens with one attached hydrogen (secondary N) is 1. The second-order valence-corrected chi connectivity index (χ2v) is 5.73. The Bertz CT molecular complexity index is 411. The van der Waals surface area contributed by atoms with Crippen molar-refractivity contribution >= 4 is 11.6 Å². The molecule has 1 fully saturated rings. The molecule has 0 aliphatic carbocycles. The molecule has 0 spiro atoms. The number of ether oxygens (including phenoxy) is 1. The molecule has 0 aromatic heterocycles. The van der Waals surface area contributed by atoms with Gasteiger partial charge in [0.2, 0.25) is 0 Å². The molecule has 1 aliphatic heterocycles. The summed E-state index contributed by atoms with van der Waals surface area (Å²) in [4.78, 5) is 0. The Balaban J connectivity index is 2.41. The third kappa shape index (κ3) is 2.81. The van der Waals surface area contributed by atoms with E-state index in [2.05, 4.69) is 25.2 Å². The number of hydrogen-bond acceptors (Lipinski definition) is 2. The Labute approximate surface area is 115 Å². The van der Waals surface area contributed by atoms with Gasteiger partial charge in [-0.15, -0.1) is 0 Å². The Hall–Kier alpha value is -0.730. The first-order valence-electron chi connectivity index (χ1n) is 6.71. The van der Waals surface area contributed by atoms with Gasteiger partial charge in [-0.1, -0.05) is 31.5 Å². The number of methoxy groups -OCH3 is 1. The maximum Gasteiger partial charge on any atom is 0.140 e. The maximum absolute atomic E-state index is 6.35. The molecule has 1 aliphatic rings. The number of hydrogen-bond donors (Lipinski definition) is 1. The van der Waals surface area contributed by atoms with Crippen molar-refractivity contribution in [1.82, 2.24) is 5.32 Å². The van der Waals surface area contributed by atoms with E-state index in [0.29, 0.717) is 11.8 Å². The summed E-state index contributed by atoms with van der Waals surface area (Å²) in [6.45, 7) is 6.53. The van der Waals surface area contributed by atoms with Crippen LogP contribution in [0.2, 0.25) is 5.02 Å². The second-order valence-electron chi connectivity index (χ2n) is 5.32. The van der Waals surface area contributed by atoms with Crippen LogP contribution < -0.4 is 10.1 Å². The van der Waals surface area contributed by atoms with Gasteiger partial charge in [-0.25, -0.2) is 0 Å². The molecule has 1 heterocycles. The van der Waals surface area contributed by atoms with E-state index in [-0.39, 0.29) is 0 Å². The summed E-state index contributed by atoms with van der Waals surface area (Å²) < 4.78 is 5.50. The van der Waals surface area contributed by atoms with E-state index in [1.807, 2.05) is 6.07 Å². The van der Waals surface area contributed by atoms with Gasteiger partial charge in [-0.05, 0) is 36.9 Å². The molecule has 18 heavy (non-hydrogen) atoms. The van der Waals surface area contributed by atoms with Gasteiger partial charge in [0.1, 0.15) is 5.75 Å². The van der Waals surface area contributed by atoms with Gasteiger partial charge in [0, 0.05) is 18.0 Å². The van der Waals surface area contributed by atoms with E-state index in [9.17, 15) is 0 Å². The van der Waals surface area contributed by atoms with Gasteiger partial charge in [0.15, 0.2) is 0 Å². The van der Waals surface area contributed by atoms with Crippen molar-refractivity contribution in [3.63, 3.8) is 0 Å². The largest absolute Gasteiger partial charge is 0.495 e. The Morgan fingerprint density at radius 1 is 1.39 bits per heavy atom. The van der Waals surface area contributed by atoms with Crippen LogP contribution in [0.1, 0.15) is 49.7 Å². The van der Waals surface area contributed by atoms with Gasteiger partial charge in [0.25, 0.3) is 0 Å². The molecule has 1 aromatic carbocycles. The third-order valence-corrected chi connectivity index (χ3v) is 3.98.